The van der Waals surface area contributed by atoms with Crippen molar-refractivity contribution < 1.29 is 13.9 Å². The number of amides is 1. The summed E-state index contributed by atoms with van der Waals surface area (Å²) in [5.41, 5.74) is 6.87. The molecule has 0 saturated heterocycles. The molecule has 0 unspecified atom stereocenters. The zero-order valence-electron chi connectivity index (χ0n) is 14.8. The largest absolute Gasteiger partial charge is 0.493 e. The molecule has 0 atom stereocenters. The molecule has 2 N–H and O–H groups in total. The van der Waals surface area contributed by atoms with Crippen molar-refractivity contribution in [3.05, 3.63) is 23.6 Å². The molecule has 0 aliphatic heterocycles. The maximum absolute atomic E-state index is 11.5. The molecule has 6 nitrogen and oxygen atoms in total. The average molecular weight is 341 g/mol. The third-order valence-corrected chi connectivity index (χ3v) is 5.21. The summed E-state index contributed by atoms with van der Waals surface area (Å²) in [7, 11) is 1.59. The number of methoxy groups -OCH3 is 1. The van der Waals surface area contributed by atoms with E-state index >= 15 is 0 Å². The van der Waals surface area contributed by atoms with E-state index in [2.05, 4.69) is 11.1 Å². The fourth-order valence-electron chi connectivity index (χ4n) is 3.63. The van der Waals surface area contributed by atoms with Gasteiger partial charge in [-0.25, -0.2) is 4.98 Å². The van der Waals surface area contributed by atoms with Gasteiger partial charge in [0.05, 0.1) is 18.6 Å². The molecule has 0 spiro atoms. The van der Waals surface area contributed by atoms with Gasteiger partial charge in [0.25, 0.3) is 0 Å². The van der Waals surface area contributed by atoms with E-state index in [4.69, 9.17) is 14.9 Å². The zero-order chi connectivity index (χ0) is 18.2. The third-order valence-electron chi connectivity index (χ3n) is 5.21. The second-order valence-corrected chi connectivity index (χ2v) is 7.07. The predicted molar refractivity (Wildman–Crippen MR) is 93.1 cm³/mol. The quantitative estimate of drug-likeness (QED) is 0.918. The van der Waals surface area contributed by atoms with Gasteiger partial charge in [0.1, 0.15) is 5.52 Å². The Morgan fingerprint density at radius 3 is 2.64 bits per heavy atom. The van der Waals surface area contributed by atoms with Crippen molar-refractivity contribution >= 4 is 17.0 Å². The number of primary amides is 1. The molecule has 1 aromatic carbocycles. The maximum atomic E-state index is 11.5. The van der Waals surface area contributed by atoms with Crippen LogP contribution in [-0.4, -0.2) is 18.0 Å². The highest BCUT2D eigenvalue weighted by Gasteiger charge is 2.41. The van der Waals surface area contributed by atoms with E-state index in [1.165, 1.54) is 0 Å². The molecule has 1 aliphatic rings. The normalized spacial score (nSPS) is 23.6. The van der Waals surface area contributed by atoms with Crippen molar-refractivity contribution in [1.82, 2.24) is 4.98 Å². The summed E-state index contributed by atoms with van der Waals surface area (Å²) in [6, 6.07) is 6.22. The Hall–Kier alpha value is -2.55. The molecule has 1 aromatic heterocycles. The second-order valence-electron chi connectivity index (χ2n) is 7.07. The van der Waals surface area contributed by atoms with Crippen LogP contribution in [0.4, 0.5) is 0 Å². The Bertz CT molecular complexity index is 839. The van der Waals surface area contributed by atoms with Gasteiger partial charge in [0, 0.05) is 17.4 Å². The first kappa shape index (κ1) is 17.3. The lowest BCUT2D eigenvalue weighted by Gasteiger charge is -2.34. The average Bonchev–Trinajstić information content (AvgIpc) is 3.06. The number of fused-ring (bicyclic) bond motifs is 1. The Morgan fingerprint density at radius 2 is 2.12 bits per heavy atom. The van der Waals surface area contributed by atoms with Crippen LogP contribution < -0.4 is 10.5 Å². The van der Waals surface area contributed by atoms with Crippen LogP contribution in [0.5, 0.6) is 5.75 Å². The van der Waals surface area contributed by atoms with Crippen LogP contribution in [0.1, 0.15) is 56.9 Å². The molecule has 132 valence electrons. The van der Waals surface area contributed by atoms with Gasteiger partial charge in [-0.05, 0) is 31.7 Å². The number of hydrogen-bond acceptors (Lipinski definition) is 5. The smallest absolute Gasteiger partial charge is 0.220 e. The van der Waals surface area contributed by atoms with E-state index in [0.717, 1.165) is 5.56 Å². The molecule has 1 amide bonds. The lowest BCUT2D eigenvalue weighted by atomic mass is 9.67. The van der Waals surface area contributed by atoms with E-state index in [1.807, 2.05) is 26.0 Å². The molecule has 1 aliphatic carbocycles. The molecule has 1 heterocycles. The fraction of sp³-hybridized carbons (Fsp3) is 0.526. The number of nitrogens with zero attached hydrogens (tertiary/aromatic N) is 2. The molecule has 3 rings (SSSR count). The number of ether oxygens (including phenoxy) is 1. The van der Waals surface area contributed by atoms with E-state index in [-0.39, 0.29) is 17.7 Å². The molecule has 2 aromatic rings. The number of carbonyl (C=O) groups is 1. The highest BCUT2D eigenvalue weighted by atomic mass is 16.5. The standard InChI is InChI=1S/C19H23N3O3/c1-11(2)18-22-15-13(4-5-14(24-3)16(15)25-18)19(10-20)8-6-12(7-9-19)17(21)23/h4-5,11-12H,6-9H2,1-3H3,(H2,21,23)/t12-,19+. The Balaban J connectivity index is 2.11. The molecule has 6 heteroatoms. The summed E-state index contributed by atoms with van der Waals surface area (Å²) < 4.78 is 11.3. The van der Waals surface area contributed by atoms with Gasteiger partial charge < -0.3 is 14.9 Å². The molecule has 1 fully saturated rings. The first-order valence-electron chi connectivity index (χ1n) is 8.60. The van der Waals surface area contributed by atoms with Crippen LogP contribution in [0.25, 0.3) is 11.1 Å². The van der Waals surface area contributed by atoms with Gasteiger partial charge >= 0.3 is 0 Å². The van der Waals surface area contributed by atoms with Crippen molar-refractivity contribution in [2.24, 2.45) is 11.7 Å². The summed E-state index contributed by atoms with van der Waals surface area (Å²) in [6.07, 6.45) is 2.40. The van der Waals surface area contributed by atoms with Crippen LogP contribution >= 0.6 is 0 Å². The van der Waals surface area contributed by atoms with Crippen LogP contribution in [0.2, 0.25) is 0 Å². The number of benzene rings is 1. The summed E-state index contributed by atoms with van der Waals surface area (Å²) >= 11 is 0. The topological polar surface area (TPSA) is 102 Å². The van der Waals surface area contributed by atoms with Crippen LogP contribution in [-0.2, 0) is 10.2 Å². The van der Waals surface area contributed by atoms with Crippen molar-refractivity contribution in [3.63, 3.8) is 0 Å². The molecule has 0 radical (unpaired) electrons. The first-order chi connectivity index (χ1) is 11.9. The highest BCUT2D eigenvalue weighted by molar-refractivity contribution is 5.84. The van der Waals surface area contributed by atoms with Crippen LogP contribution in [0.3, 0.4) is 0 Å². The lowest BCUT2D eigenvalue weighted by Crippen LogP contribution is -2.35. The summed E-state index contributed by atoms with van der Waals surface area (Å²) in [6.45, 7) is 4.02. The maximum Gasteiger partial charge on any atom is 0.220 e. The predicted octanol–water partition coefficient (Wildman–Crippen LogP) is 3.40. The lowest BCUT2D eigenvalue weighted by molar-refractivity contribution is -0.122. The van der Waals surface area contributed by atoms with Gasteiger partial charge in [0.15, 0.2) is 17.2 Å². The molecular formula is C19H23N3O3. The molecule has 0 bridgehead atoms. The van der Waals surface area contributed by atoms with E-state index in [1.54, 1.807) is 7.11 Å². The van der Waals surface area contributed by atoms with Crippen molar-refractivity contribution in [1.29, 1.82) is 5.26 Å². The van der Waals surface area contributed by atoms with Crippen molar-refractivity contribution in [2.45, 2.75) is 50.9 Å². The molecular weight excluding hydrogens is 318 g/mol. The minimum Gasteiger partial charge on any atom is -0.493 e. The number of oxazole rings is 1. The highest BCUT2D eigenvalue weighted by Crippen LogP contribution is 2.45. The molecule has 1 saturated carbocycles. The van der Waals surface area contributed by atoms with Gasteiger partial charge in [-0.3, -0.25) is 4.79 Å². The number of hydrogen-bond donors (Lipinski definition) is 1. The van der Waals surface area contributed by atoms with Crippen molar-refractivity contribution in [3.8, 4) is 11.8 Å². The van der Waals surface area contributed by atoms with E-state index in [0.29, 0.717) is 48.4 Å². The third kappa shape index (κ3) is 2.84. The summed E-state index contributed by atoms with van der Waals surface area (Å²) in [5, 5.41) is 9.97. The monoisotopic (exact) mass is 341 g/mol. The number of carbonyl (C=O) groups excluding carboxylic acids is 1. The minimum atomic E-state index is -0.679. The zero-order valence-corrected chi connectivity index (χ0v) is 14.8. The van der Waals surface area contributed by atoms with Gasteiger partial charge in [-0.15, -0.1) is 0 Å². The number of nitrogens with two attached hydrogens (primary N) is 1. The van der Waals surface area contributed by atoms with Crippen LogP contribution in [0.15, 0.2) is 16.5 Å². The van der Waals surface area contributed by atoms with Gasteiger partial charge in [-0.2, -0.15) is 5.26 Å². The second kappa shape index (κ2) is 6.40. The first-order valence-corrected chi connectivity index (χ1v) is 8.60. The minimum absolute atomic E-state index is 0.133. The van der Waals surface area contributed by atoms with E-state index < -0.39 is 5.41 Å². The fourth-order valence-corrected chi connectivity index (χ4v) is 3.63. The summed E-state index contributed by atoms with van der Waals surface area (Å²) in [4.78, 5) is 16.1. The number of rotatable bonds is 4. The number of nitriles is 1. The number of aromatic nitrogens is 1. The Morgan fingerprint density at radius 1 is 1.44 bits per heavy atom. The van der Waals surface area contributed by atoms with Crippen LogP contribution in [0, 0.1) is 17.2 Å². The van der Waals surface area contributed by atoms with Crippen molar-refractivity contribution in [2.75, 3.05) is 7.11 Å². The van der Waals surface area contributed by atoms with Gasteiger partial charge in [-0.1, -0.05) is 19.9 Å². The Kier molecular flexibility index (Phi) is 4.42. The summed E-state index contributed by atoms with van der Waals surface area (Å²) in [5.74, 6) is 0.930. The van der Waals surface area contributed by atoms with Gasteiger partial charge in [0.2, 0.25) is 5.91 Å². The Labute approximate surface area is 147 Å². The SMILES string of the molecule is COc1ccc([C@]2(C#N)CC[C@H](C(N)=O)CC2)c2nc(C(C)C)oc12. The van der Waals surface area contributed by atoms with E-state index in [9.17, 15) is 10.1 Å². The molecule has 25 heavy (non-hydrogen) atoms.